The number of para-hydroxylation sites is 1. The smallest absolute Gasteiger partial charge is 0.258 e. The van der Waals surface area contributed by atoms with Gasteiger partial charge in [-0.1, -0.05) is 29.8 Å². The van der Waals surface area contributed by atoms with Crippen molar-refractivity contribution in [1.82, 2.24) is 4.98 Å². The van der Waals surface area contributed by atoms with E-state index in [-0.39, 0.29) is 27.9 Å². The molecule has 108 valence electrons. The van der Waals surface area contributed by atoms with Gasteiger partial charge in [0.2, 0.25) is 0 Å². The zero-order valence-electron chi connectivity index (χ0n) is 11.5. The molecule has 0 atom stereocenters. The standard InChI is InChI=1S/C15H13ClN2O3/c1-9(19)13-11(8-12(21-2)14(16)18-13)15(20)17-10-6-4-3-5-7-10/h3-8H,1-2H3,(H,17,20). The fraction of sp³-hybridized carbons (Fsp3) is 0.133. The Morgan fingerprint density at radius 2 is 1.90 bits per heavy atom. The SMILES string of the molecule is COc1cc(C(=O)Nc2ccccc2)c(C(C)=O)nc1Cl. The molecular formula is C15H13ClN2O3. The van der Waals surface area contributed by atoms with Crippen molar-refractivity contribution in [2.75, 3.05) is 12.4 Å². The Kier molecular flexibility index (Phi) is 4.55. The molecule has 0 unspecified atom stereocenters. The molecule has 0 radical (unpaired) electrons. The molecule has 1 amide bonds. The Morgan fingerprint density at radius 3 is 2.48 bits per heavy atom. The first-order valence-electron chi connectivity index (χ1n) is 6.14. The minimum Gasteiger partial charge on any atom is -0.493 e. The van der Waals surface area contributed by atoms with Crippen LogP contribution in [0.3, 0.4) is 0 Å². The maximum atomic E-state index is 12.3. The van der Waals surface area contributed by atoms with Crippen LogP contribution >= 0.6 is 11.6 Å². The van der Waals surface area contributed by atoms with Crippen molar-refractivity contribution in [1.29, 1.82) is 0 Å². The highest BCUT2D eigenvalue weighted by Gasteiger charge is 2.20. The number of hydrogen-bond acceptors (Lipinski definition) is 4. The van der Waals surface area contributed by atoms with Gasteiger partial charge in [0, 0.05) is 12.6 Å². The van der Waals surface area contributed by atoms with Crippen molar-refractivity contribution >= 4 is 29.0 Å². The van der Waals surface area contributed by atoms with Gasteiger partial charge in [-0.3, -0.25) is 9.59 Å². The van der Waals surface area contributed by atoms with Crippen LogP contribution in [-0.4, -0.2) is 23.8 Å². The van der Waals surface area contributed by atoms with Gasteiger partial charge in [0.1, 0.15) is 5.69 Å². The third kappa shape index (κ3) is 3.38. The summed E-state index contributed by atoms with van der Waals surface area (Å²) in [5.74, 6) is -0.563. The molecule has 1 aromatic heterocycles. The lowest BCUT2D eigenvalue weighted by Gasteiger charge is -2.10. The summed E-state index contributed by atoms with van der Waals surface area (Å²) in [5, 5.41) is 2.74. The fourth-order valence-corrected chi connectivity index (χ4v) is 1.99. The number of rotatable bonds is 4. The van der Waals surface area contributed by atoms with E-state index in [9.17, 15) is 9.59 Å². The highest BCUT2D eigenvalue weighted by atomic mass is 35.5. The maximum absolute atomic E-state index is 12.3. The van der Waals surface area contributed by atoms with Crippen LogP contribution < -0.4 is 10.1 Å². The van der Waals surface area contributed by atoms with E-state index in [2.05, 4.69) is 10.3 Å². The number of Topliss-reactive ketones (excluding diaryl/α,β-unsaturated/α-hetero) is 1. The minimum absolute atomic E-state index is 0.00855. The summed E-state index contributed by atoms with van der Waals surface area (Å²) in [6, 6.07) is 10.3. The molecule has 0 saturated heterocycles. The van der Waals surface area contributed by atoms with Gasteiger partial charge in [0.15, 0.2) is 16.7 Å². The number of halogens is 1. The molecular weight excluding hydrogens is 292 g/mol. The zero-order valence-corrected chi connectivity index (χ0v) is 12.3. The second-order valence-corrected chi connectivity index (χ2v) is 4.61. The number of amides is 1. The van der Waals surface area contributed by atoms with E-state index >= 15 is 0 Å². The summed E-state index contributed by atoms with van der Waals surface area (Å²) in [4.78, 5) is 27.9. The molecule has 2 rings (SSSR count). The number of anilines is 1. The van der Waals surface area contributed by atoms with Crippen LogP contribution in [0.1, 0.15) is 27.8 Å². The van der Waals surface area contributed by atoms with E-state index in [0.29, 0.717) is 5.69 Å². The van der Waals surface area contributed by atoms with Gasteiger partial charge >= 0.3 is 0 Å². The van der Waals surface area contributed by atoms with Crippen LogP contribution in [0.5, 0.6) is 5.75 Å². The van der Waals surface area contributed by atoms with Gasteiger partial charge in [-0.05, 0) is 18.2 Å². The van der Waals surface area contributed by atoms with Crippen LogP contribution in [0.2, 0.25) is 5.15 Å². The van der Waals surface area contributed by atoms with Crippen molar-refractivity contribution < 1.29 is 14.3 Å². The van der Waals surface area contributed by atoms with E-state index in [1.54, 1.807) is 24.3 Å². The quantitative estimate of drug-likeness (QED) is 0.695. The molecule has 5 nitrogen and oxygen atoms in total. The molecule has 0 bridgehead atoms. The zero-order chi connectivity index (χ0) is 15.4. The van der Waals surface area contributed by atoms with E-state index in [0.717, 1.165) is 0 Å². The summed E-state index contributed by atoms with van der Waals surface area (Å²) < 4.78 is 5.04. The highest BCUT2D eigenvalue weighted by Crippen LogP contribution is 2.25. The molecule has 1 N–H and O–H groups in total. The number of nitrogens with one attached hydrogen (secondary N) is 1. The van der Waals surface area contributed by atoms with Crippen molar-refractivity contribution in [2.45, 2.75) is 6.92 Å². The average molecular weight is 305 g/mol. The number of methoxy groups -OCH3 is 1. The molecule has 0 aliphatic rings. The Hall–Kier alpha value is -2.40. The number of aromatic nitrogens is 1. The summed E-state index contributed by atoms with van der Waals surface area (Å²) in [6.45, 7) is 1.32. The number of nitrogens with zero attached hydrogens (tertiary/aromatic N) is 1. The average Bonchev–Trinajstić information content (AvgIpc) is 2.47. The van der Waals surface area contributed by atoms with Gasteiger partial charge < -0.3 is 10.1 Å². The van der Waals surface area contributed by atoms with Crippen molar-refractivity contribution in [3.63, 3.8) is 0 Å². The molecule has 0 aliphatic heterocycles. The lowest BCUT2D eigenvalue weighted by molar-refractivity contribution is 0.0981. The number of carbonyl (C=O) groups is 2. The maximum Gasteiger partial charge on any atom is 0.258 e. The molecule has 0 spiro atoms. The van der Waals surface area contributed by atoms with Crippen molar-refractivity contribution in [3.8, 4) is 5.75 Å². The topological polar surface area (TPSA) is 68.3 Å². The number of carbonyl (C=O) groups excluding carboxylic acids is 2. The van der Waals surface area contributed by atoms with Gasteiger partial charge in [0.25, 0.3) is 5.91 Å². The molecule has 21 heavy (non-hydrogen) atoms. The molecule has 1 heterocycles. The van der Waals surface area contributed by atoms with E-state index in [1.807, 2.05) is 6.07 Å². The molecule has 1 aromatic carbocycles. The summed E-state index contributed by atoms with van der Waals surface area (Å²) in [5.41, 5.74) is 0.743. The number of benzene rings is 1. The van der Waals surface area contributed by atoms with Crippen LogP contribution in [0.15, 0.2) is 36.4 Å². The van der Waals surface area contributed by atoms with E-state index in [4.69, 9.17) is 16.3 Å². The van der Waals surface area contributed by atoms with Crippen LogP contribution in [-0.2, 0) is 0 Å². The fourth-order valence-electron chi connectivity index (χ4n) is 1.78. The first-order valence-corrected chi connectivity index (χ1v) is 6.52. The largest absolute Gasteiger partial charge is 0.493 e. The van der Waals surface area contributed by atoms with E-state index in [1.165, 1.54) is 20.1 Å². The molecule has 0 aliphatic carbocycles. The van der Waals surface area contributed by atoms with Crippen molar-refractivity contribution in [3.05, 3.63) is 52.8 Å². The first kappa shape index (κ1) is 15.0. The van der Waals surface area contributed by atoms with Crippen LogP contribution in [0.25, 0.3) is 0 Å². The number of hydrogen-bond donors (Lipinski definition) is 1. The third-order valence-corrected chi connectivity index (χ3v) is 3.04. The molecule has 0 fully saturated rings. The lowest BCUT2D eigenvalue weighted by atomic mass is 10.1. The Bertz CT molecular complexity index is 687. The highest BCUT2D eigenvalue weighted by molar-refractivity contribution is 6.31. The first-order chi connectivity index (χ1) is 10.0. The Morgan fingerprint density at radius 1 is 1.24 bits per heavy atom. The minimum atomic E-state index is -0.450. The normalized spacial score (nSPS) is 10.0. The van der Waals surface area contributed by atoms with Crippen LogP contribution in [0, 0.1) is 0 Å². The number of pyridine rings is 1. The number of ketones is 1. The van der Waals surface area contributed by atoms with Gasteiger partial charge in [0.05, 0.1) is 12.7 Å². The predicted octanol–water partition coefficient (Wildman–Crippen LogP) is 3.20. The van der Waals surface area contributed by atoms with Crippen molar-refractivity contribution in [2.24, 2.45) is 0 Å². The monoisotopic (exact) mass is 304 g/mol. The van der Waals surface area contributed by atoms with Gasteiger partial charge in [-0.2, -0.15) is 0 Å². The van der Waals surface area contributed by atoms with Gasteiger partial charge in [-0.15, -0.1) is 0 Å². The number of ether oxygens (including phenoxy) is 1. The lowest BCUT2D eigenvalue weighted by Crippen LogP contribution is -2.17. The molecule has 2 aromatic rings. The van der Waals surface area contributed by atoms with Crippen LogP contribution in [0.4, 0.5) is 5.69 Å². The van der Waals surface area contributed by atoms with E-state index < -0.39 is 5.91 Å². The second kappa shape index (κ2) is 6.37. The summed E-state index contributed by atoms with van der Waals surface area (Å²) in [6.07, 6.45) is 0. The molecule has 0 saturated carbocycles. The Labute approximate surface area is 126 Å². The Balaban J connectivity index is 2.41. The predicted molar refractivity (Wildman–Crippen MR) is 80.2 cm³/mol. The third-order valence-electron chi connectivity index (χ3n) is 2.77. The van der Waals surface area contributed by atoms with Gasteiger partial charge in [-0.25, -0.2) is 4.98 Å². The summed E-state index contributed by atoms with van der Waals surface area (Å²) >= 11 is 5.89. The summed E-state index contributed by atoms with van der Waals surface area (Å²) in [7, 11) is 1.41. The second-order valence-electron chi connectivity index (χ2n) is 4.25. The molecule has 6 heteroatoms.